The minimum atomic E-state index is 0.591. The third-order valence-corrected chi connectivity index (χ3v) is 4.64. The first-order chi connectivity index (χ1) is 7.01. The lowest BCUT2D eigenvalue weighted by Crippen LogP contribution is -1.92. The molecule has 2 rings (SSSR count). The second-order valence-corrected chi connectivity index (χ2v) is 6.12. The quantitative estimate of drug-likeness (QED) is 0.501. The van der Waals surface area contributed by atoms with Crippen LogP contribution in [0.15, 0.2) is 23.8 Å². The average Bonchev–Trinajstić information content (AvgIpc) is 2.65. The van der Waals surface area contributed by atoms with Crippen molar-refractivity contribution in [2.24, 2.45) is 17.3 Å². The van der Waals surface area contributed by atoms with Crippen molar-refractivity contribution >= 4 is 0 Å². The van der Waals surface area contributed by atoms with Crippen molar-refractivity contribution in [3.8, 4) is 0 Å². The van der Waals surface area contributed by atoms with E-state index in [4.69, 9.17) is 0 Å². The molecule has 2 aliphatic rings. The smallest absolute Gasteiger partial charge is 0.0286 e. The van der Waals surface area contributed by atoms with Gasteiger partial charge >= 0.3 is 0 Å². The Morgan fingerprint density at radius 1 is 1.27 bits per heavy atom. The maximum atomic E-state index is 4.23. The largest absolute Gasteiger partial charge is 0.0998 e. The van der Waals surface area contributed by atoms with Gasteiger partial charge in [-0.05, 0) is 56.3 Å². The van der Waals surface area contributed by atoms with Gasteiger partial charge in [-0.15, -0.1) is 0 Å². The van der Waals surface area contributed by atoms with E-state index >= 15 is 0 Å². The zero-order chi connectivity index (χ0) is 11.1. The van der Waals surface area contributed by atoms with E-state index in [2.05, 4.69) is 33.4 Å². The Balaban J connectivity index is 2.07. The predicted octanol–water partition coefficient (Wildman–Crippen LogP) is 4.73. The van der Waals surface area contributed by atoms with Crippen LogP contribution in [0, 0.1) is 17.3 Å². The predicted molar refractivity (Wildman–Crippen MR) is 66.7 cm³/mol. The summed E-state index contributed by atoms with van der Waals surface area (Å²) in [5.41, 5.74) is 3.65. The van der Waals surface area contributed by atoms with Gasteiger partial charge in [0.15, 0.2) is 0 Å². The van der Waals surface area contributed by atoms with Crippen molar-refractivity contribution in [1.29, 1.82) is 0 Å². The van der Waals surface area contributed by atoms with Crippen LogP contribution in [0.3, 0.4) is 0 Å². The molecule has 0 unspecified atom stereocenters. The topological polar surface area (TPSA) is 0 Å². The Bertz CT molecular complexity index is 293. The van der Waals surface area contributed by atoms with Crippen LogP contribution in [0.5, 0.6) is 0 Å². The highest BCUT2D eigenvalue weighted by Gasteiger charge is 2.56. The van der Waals surface area contributed by atoms with Crippen molar-refractivity contribution in [3.05, 3.63) is 23.8 Å². The lowest BCUT2D eigenvalue weighted by molar-refractivity contribution is 0.520. The van der Waals surface area contributed by atoms with Crippen molar-refractivity contribution in [2.45, 2.75) is 52.9 Å². The number of fused-ring (bicyclic) bond motifs is 1. The lowest BCUT2D eigenvalue weighted by atomic mass is 9.98. The molecule has 84 valence electrons. The van der Waals surface area contributed by atoms with E-state index in [1.165, 1.54) is 37.7 Å². The van der Waals surface area contributed by atoms with E-state index in [1.807, 2.05) is 0 Å². The molecule has 0 saturated heterocycles. The van der Waals surface area contributed by atoms with Gasteiger partial charge in [0.2, 0.25) is 0 Å². The fourth-order valence-corrected chi connectivity index (χ4v) is 3.26. The van der Waals surface area contributed by atoms with Crippen LogP contribution in [0.1, 0.15) is 52.9 Å². The molecular formula is C15H24. The maximum absolute atomic E-state index is 4.23. The summed E-state index contributed by atoms with van der Waals surface area (Å²) in [6.45, 7) is 11.4. The number of allylic oxidation sites excluding steroid dienone is 3. The van der Waals surface area contributed by atoms with Gasteiger partial charge in [0.1, 0.15) is 0 Å². The molecular weight excluding hydrogens is 180 g/mol. The van der Waals surface area contributed by atoms with E-state index in [9.17, 15) is 0 Å². The van der Waals surface area contributed by atoms with Crippen molar-refractivity contribution in [3.63, 3.8) is 0 Å². The van der Waals surface area contributed by atoms with Gasteiger partial charge in [0.25, 0.3) is 0 Å². The van der Waals surface area contributed by atoms with Crippen molar-refractivity contribution in [1.82, 2.24) is 0 Å². The monoisotopic (exact) mass is 204 g/mol. The molecule has 0 heteroatoms. The van der Waals surface area contributed by atoms with Crippen LogP contribution in [-0.4, -0.2) is 0 Å². The second kappa shape index (κ2) is 3.81. The first-order valence-electron chi connectivity index (χ1n) is 6.34. The molecule has 0 N–H and O–H groups in total. The van der Waals surface area contributed by atoms with Crippen LogP contribution in [-0.2, 0) is 0 Å². The van der Waals surface area contributed by atoms with Crippen molar-refractivity contribution in [2.75, 3.05) is 0 Å². The summed E-state index contributed by atoms with van der Waals surface area (Å²) in [5, 5.41) is 0. The molecule has 0 nitrogen and oxygen atoms in total. The van der Waals surface area contributed by atoms with Crippen LogP contribution in [0.2, 0.25) is 0 Å². The van der Waals surface area contributed by atoms with Gasteiger partial charge in [-0.2, -0.15) is 0 Å². The Morgan fingerprint density at radius 2 is 2.00 bits per heavy atom. The zero-order valence-electron chi connectivity index (χ0n) is 10.5. The summed E-state index contributed by atoms with van der Waals surface area (Å²) in [4.78, 5) is 0. The van der Waals surface area contributed by atoms with Crippen LogP contribution in [0.4, 0.5) is 0 Å². The third-order valence-electron chi connectivity index (χ3n) is 4.64. The fourth-order valence-electron chi connectivity index (χ4n) is 3.26. The molecule has 0 spiro atoms. The van der Waals surface area contributed by atoms with E-state index in [0.29, 0.717) is 5.41 Å². The summed E-state index contributed by atoms with van der Waals surface area (Å²) in [5.74, 6) is 1.88. The van der Waals surface area contributed by atoms with Crippen LogP contribution < -0.4 is 0 Å². The van der Waals surface area contributed by atoms with E-state index in [-0.39, 0.29) is 0 Å². The van der Waals surface area contributed by atoms with Gasteiger partial charge in [-0.25, -0.2) is 0 Å². The van der Waals surface area contributed by atoms with Crippen LogP contribution in [0.25, 0.3) is 0 Å². The Kier molecular flexibility index (Phi) is 2.79. The minimum absolute atomic E-state index is 0.591. The second-order valence-electron chi connectivity index (χ2n) is 6.12. The fraction of sp³-hybridized carbons (Fsp3) is 0.733. The highest BCUT2D eigenvalue weighted by Crippen LogP contribution is 2.63. The highest BCUT2D eigenvalue weighted by atomic mass is 14.6. The Morgan fingerprint density at radius 3 is 2.73 bits per heavy atom. The summed E-state index contributed by atoms with van der Waals surface area (Å²) >= 11 is 0. The van der Waals surface area contributed by atoms with E-state index in [1.54, 1.807) is 5.57 Å². The SMILES string of the molecule is C=C1CC/C=C(\C)CC[C@H]2[C@H](C1)C2(C)C. The maximum Gasteiger partial charge on any atom is -0.0286 e. The van der Waals surface area contributed by atoms with Crippen molar-refractivity contribution < 1.29 is 0 Å². The highest BCUT2D eigenvalue weighted by molar-refractivity contribution is 5.14. The molecule has 1 saturated carbocycles. The van der Waals surface area contributed by atoms with Gasteiger partial charge in [0.05, 0.1) is 0 Å². The molecule has 2 atom stereocenters. The molecule has 1 fully saturated rings. The Labute approximate surface area is 94.5 Å². The first kappa shape index (κ1) is 11.0. The molecule has 15 heavy (non-hydrogen) atoms. The molecule has 0 aromatic rings. The molecule has 0 amide bonds. The molecule has 0 bridgehead atoms. The van der Waals surface area contributed by atoms with Gasteiger partial charge in [0, 0.05) is 0 Å². The standard InChI is InChI=1S/C15H24/c1-11-6-5-7-12(2)10-14-13(9-8-11)15(14,3)4/h6,13-14H,2,5,7-10H2,1,3-4H3/b11-6+/t13-,14-/m0/s1. The molecule has 0 radical (unpaired) electrons. The normalized spacial score (nSPS) is 38.9. The molecule has 0 aromatic heterocycles. The summed E-state index contributed by atoms with van der Waals surface area (Å²) < 4.78 is 0. The van der Waals surface area contributed by atoms with Gasteiger partial charge in [-0.3, -0.25) is 0 Å². The third kappa shape index (κ3) is 2.19. The van der Waals surface area contributed by atoms with E-state index in [0.717, 1.165) is 11.8 Å². The lowest BCUT2D eigenvalue weighted by Gasteiger charge is -2.07. The van der Waals surface area contributed by atoms with Crippen LogP contribution >= 0.6 is 0 Å². The minimum Gasteiger partial charge on any atom is -0.0998 e. The molecule has 0 aromatic carbocycles. The van der Waals surface area contributed by atoms with E-state index < -0.39 is 0 Å². The molecule has 0 aliphatic heterocycles. The first-order valence-corrected chi connectivity index (χ1v) is 6.34. The number of hydrogen-bond acceptors (Lipinski definition) is 0. The Hall–Kier alpha value is -0.520. The number of hydrogen-bond donors (Lipinski definition) is 0. The average molecular weight is 204 g/mol. The summed E-state index contributed by atoms with van der Waals surface area (Å²) in [7, 11) is 0. The number of rotatable bonds is 0. The summed E-state index contributed by atoms with van der Waals surface area (Å²) in [6, 6.07) is 0. The molecule has 2 aliphatic carbocycles. The van der Waals surface area contributed by atoms with Gasteiger partial charge < -0.3 is 0 Å². The van der Waals surface area contributed by atoms with Gasteiger partial charge in [-0.1, -0.05) is 37.6 Å². The zero-order valence-corrected chi connectivity index (χ0v) is 10.5. The molecule has 0 heterocycles. The summed E-state index contributed by atoms with van der Waals surface area (Å²) in [6.07, 6.45) is 8.83.